The number of nitrogens with two attached hydrogens (primary N) is 1. The van der Waals surface area contributed by atoms with Crippen LogP contribution in [0, 0.1) is 11.8 Å². The molecule has 17 heavy (non-hydrogen) atoms. The Labute approximate surface area is 104 Å². The molecular weight excluding hydrogens is 212 g/mol. The van der Waals surface area contributed by atoms with Crippen molar-refractivity contribution < 1.29 is 4.79 Å². The average molecular weight is 236 g/mol. The first kappa shape index (κ1) is 14.0. The minimum atomic E-state index is -0.238. The normalized spacial score (nSPS) is 18.5. The molecule has 3 heteroatoms. The van der Waals surface area contributed by atoms with Gasteiger partial charge in [0.1, 0.15) is 0 Å². The van der Waals surface area contributed by atoms with Crippen LogP contribution in [0.25, 0.3) is 0 Å². The van der Waals surface area contributed by atoms with E-state index in [4.69, 9.17) is 5.73 Å². The minimum absolute atomic E-state index is 0.0605. The highest BCUT2D eigenvalue weighted by Gasteiger charge is 2.42. The van der Waals surface area contributed by atoms with Gasteiger partial charge in [-0.2, -0.15) is 0 Å². The summed E-state index contributed by atoms with van der Waals surface area (Å²) >= 11 is 0. The van der Waals surface area contributed by atoms with E-state index in [1.807, 2.05) is 6.92 Å². The van der Waals surface area contributed by atoms with Crippen LogP contribution in [-0.2, 0) is 4.79 Å². The lowest BCUT2D eigenvalue weighted by Crippen LogP contribution is -2.54. The molecule has 0 radical (unpaired) electrons. The third-order valence-electron chi connectivity index (χ3n) is 3.58. The molecule has 0 aromatic rings. The summed E-state index contributed by atoms with van der Waals surface area (Å²) in [6.45, 7) is 9.92. The van der Waals surface area contributed by atoms with Crippen LogP contribution >= 0.6 is 0 Å². The summed E-state index contributed by atoms with van der Waals surface area (Å²) in [5.41, 5.74) is 5.55. The average Bonchev–Trinajstić information content (AvgIpc) is 3.12. The quantitative estimate of drug-likeness (QED) is 0.633. The van der Waals surface area contributed by atoms with E-state index in [1.165, 1.54) is 12.8 Å². The zero-order valence-corrected chi connectivity index (χ0v) is 10.7. The van der Waals surface area contributed by atoms with E-state index >= 15 is 0 Å². The molecule has 0 heterocycles. The summed E-state index contributed by atoms with van der Waals surface area (Å²) in [6, 6.07) is 0. The summed E-state index contributed by atoms with van der Waals surface area (Å²) in [7, 11) is 0. The Hall–Kier alpha value is -1.09. The van der Waals surface area contributed by atoms with E-state index in [2.05, 4.69) is 18.5 Å². The molecule has 1 rings (SSSR count). The monoisotopic (exact) mass is 236 g/mol. The lowest BCUT2D eigenvalue weighted by molar-refractivity contribution is -0.126. The molecule has 1 atom stereocenters. The maximum atomic E-state index is 12.2. The third-order valence-corrected chi connectivity index (χ3v) is 3.58. The molecule has 0 saturated heterocycles. The fourth-order valence-corrected chi connectivity index (χ4v) is 2.14. The predicted octanol–water partition coefficient (Wildman–Crippen LogP) is 2.00. The maximum absolute atomic E-state index is 12.2. The minimum Gasteiger partial charge on any atom is -0.349 e. The molecule has 0 aliphatic heterocycles. The number of amides is 1. The smallest absolute Gasteiger partial charge is 0.224 e. The highest BCUT2D eigenvalue weighted by Crippen LogP contribution is 2.39. The first-order valence-electron chi connectivity index (χ1n) is 6.31. The Morgan fingerprint density at radius 1 is 1.47 bits per heavy atom. The Balaban J connectivity index is 2.60. The molecule has 1 aliphatic carbocycles. The van der Waals surface area contributed by atoms with Crippen molar-refractivity contribution in [2.45, 2.75) is 38.1 Å². The number of nitrogens with one attached hydrogen (secondary N) is 1. The number of allylic oxidation sites excluding steroid dienone is 2. The van der Waals surface area contributed by atoms with E-state index in [0.717, 1.165) is 0 Å². The van der Waals surface area contributed by atoms with Gasteiger partial charge in [-0.1, -0.05) is 12.2 Å². The zero-order valence-electron chi connectivity index (χ0n) is 10.7. The molecule has 3 N–H and O–H groups in total. The Morgan fingerprint density at radius 2 is 2.00 bits per heavy atom. The van der Waals surface area contributed by atoms with Gasteiger partial charge in [-0.3, -0.25) is 4.79 Å². The Kier molecular flexibility index (Phi) is 4.94. The SMILES string of the molecule is C=CCC(CC=C)C(=O)NC(C)(CN)C1CC1. The molecule has 3 nitrogen and oxygen atoms in total. The van der Waals surface area contributed by atoms with Crippen molar-refractivity contribution in [3.05, 3.63) is 25.3 Å². The second-order valence-electron chi connectivity index (χ2n) is 5.13. The molecular formula is C14H24N2O. The topological polar surface area (TPSA) is 55.1 Å². The van der Waals surface area contributed by atoms with Gasteiger partial charge in [-0.15, -0.1) is 13.2 Å². The standard InChI is InChI=1S/C14H24N2O/c1-4-6-11(7-5-2)13(17)16-14(3,10-15)12-8-9-12/h4-5,11-12H,1-2,6-10,15H2,3H3,(H,16,17). The van der Waals surface area contributed by atoms with E-state index in [0.29, 0.717) is 25.3 Å². The number of hydrogen-bond acceptors (Lipinski definition) is 2. The second kappa shape index (κ2) is 6.01. The van der Waals surface area contributed by atoms with Crippen molar-refractivity contribution in [1.82, 2.24) is 5.32 Å². The van der Waals surface area contributed by atoms with Crippen LogP contribution in [0.3, 0.4) is 0 Å². The van der Waals surface area contributed by atoms with Gasteiger partial charge in [-0.25, -0.2) is 0 Å². The fraction of sp³-hybridized carbons (Fsp3) is 0.643. The summed E-state index contributed by atoms with van der Waals surface area (Å²) in [6.07, 6.45) is 7.27. The molecule has 0 bridgehead atoms. The van der Waals surface area contributed by atoms with Gasteiger partial charge >= 0.3 is 0 Å². The maximum Gasteiger partial charge on any atom is 0.224 e. The summed E-state index contributed by atoms with van der Waals surface area (Å²) < 4.78 is 0. The van der Waals surface area contributed by atoms with Gasteiger partial charge in [0, 0.05) is 12.5 Å². The van der Waals surface area contributed by atoms with Crippen LogP contribution in [0.1, 0.15) is 32.6 Å². The van der Waals surface area contributed by atoms with Crippen LogP contribution in [0.2, 0.25) is 0 Å². The second-order valence-corrected chi connectivity index (χ2v) is 5.13. The third kappa shape index (κ3) is 3.70. The molecule has 0 aromatic heterocycles. The van der Waals surface area contributed by atoms with Gasteiger partial charge in [0.25, 0.3) is 0 Å². The van der Waals surface area contributed by atoms with Crippen LogP contribution in [0.15, 0.2) is 25.3 Å². The van der Waals surface area contributed by atoms with Gasteiger partial charge in [0.15, 0.2) is 0 Å². The molecule has 1 fully saturated rings. The lowest BCUT2D eigenvalue weighted by Gasteiger charge is -2.31. The van der Waals surface area contributed by atoms with Crippen molar-refractivity contribution in [2.75, 3.05) is 6.54 Å². The highest BCUT2D eigenvalue weighted by atomic mass is 16.2. The molecule has 1 saturated carbocycles. The van der Waals surface area contributed by atoms with E-state index in [1.54, 1.807) is 12.2 Å². The van der Waals surface area contributed by atoms with Gasteiger partial charge in [-0.05, 0) is 38.5 Å². The fourth-order valence-electron chi connectivity index (χ4n) is 2.14. The van der Waals surface area contributed by atoms with Crippen molar-refractivity contribution in [1.29, 1.82) is 0 Å². The van der Waals surface area contributed by atoms with Crippen molar-refractivity contribution in [3.8, 4) is 0 Å². The van der Waals surface area contributed by atoms with Gasteiger partial charge in [0.2, 0.25) is 5.91 Å². The van der Waals surface area contributed by atoms with Crippen LogP contribution in [-0.4, -0.2) is 18.0 Å². The van der Waals surface area contributed by atoms with Crippen molar-refractivity contribution in [3.63, 3.8) is 0 Å². The number of hydrogen-bond donors (Lipinski definition) is 2. The van der Waals surface area contributed by atoms with Crippen LogP contribution in [0.4, 0.5) is 0 Å². The molecule has 1 unspecified atom stereocenters. The number of carbonyl (C=O) groups excluding carboxylic acids is 1. The zero-order chi connectivity index (χ0) is 12.9. The lowest BCUT2D eigenvalue weighted by atomic mass is 9.93. The van der Waals surface area contributed by atoms with Crippen LogP contribution in [0.5, 0.6) is 0 Å². The van der Waals surface area contributed by atoms with Gasteiger partial charge in [0.05, 0.1) is 5.54 Å². The van der Waals surface area contributed by atoms with E-state index in [9.17, 15) is 4.79 Å². The molecule has 1 amide bonds. The summed E-state index contributed by atoms with van der Waals surface area (Å²) in [4.78, 5) is 12.2. The van der Waals surface area contributed by atoms with E-state index < -0.39 is 0 Å². The van der Waals surface area contributed by atoms with Crippen molar-refractivity contribution in [2.24, 2.45) is 17.6 Å². The Bertz CT molecular complexity index is 287. The Morgan fingerprint density at radius 3 is 2.35 bits per heavy atom. The molecule has 0 aromatic carbocycles. The van der Waals surface area contributed by atoms with E-state index in [-0.39, 0.29) is 17.4 Å². The molecule has 96 valence electrons. The first-order valence-corrected chi connectivity index (χ1v) is 6.31. The highest BCUT2D eigenvalue weighted by molar-refractivity contribution is 5.79. The molecule has 1 aliphatic rings. The first-order chi connectivity index (χ1) is 8.07. The van der Waals surface area contributed by atoms with Crippen LogP contribution < -0.4 is 11.1 Å². The molecule has 0 spiro atoms. The number of carbonyl (C=O) groups is 1. The van der Waals surface area contributed by atoms with Crippen molar-refractivity contribution >= 4 is 5.91 Å². The summed E-state index contributed by atoms with van der Waals surface area (Å²) in [5.74, 6) is 0.559. The number of rotatable bonds is 8. The van der Waals surface area contributed by atoms with Gasteiger partial charge < -0.3 is 11.1 Å². The summed E-state index contributed by atoms with van der Waals surface area (Å²) in [5, 5.41) is 3.12. The predicted molar refractivity (Wildman–Crippen MR) is 71.4 cm³/mol. The largest absolute Gasteiger partial charge is 0.349 e.